The van der Waals surface area contributed by atoms with E-state index in [1.807, 2.05) is 6.07 Å². The third-order valence-corrected chi connectivity index (χ3v) is 3.64. The summed E-state index contributed by atoms with van der Waals surface area (Å²) in [5, 5.41) is 13.3. The van der Waals surface area contributed by atoms with E-state index in [1.165, 1.54) is 19.3 Å². The summed E-state index contributed by atoms with van der Waals surface area (Å²) in [5.41, 5.74) is 0.906. The van der Waals surface area contributed by atoms with Crippen molar-refractivity contribution in [1.82, 2.24) is 5.32 Å². The summed E-state index contributed by atoms with van der Waals surface area (Å²) in [5.74, 6) is 1.94. The number of aromatic hydroxyl groups is 1. The van der Waals surface area contributed by atoms with Gasteiger partial charge in [0.25, 0.3) is 0 Å². The number of hydrogen-bond donors (Lipinski definition) is 2. The van der Waals surface area contributed by atoms with Crippen molar-refractivity contribution in [2.24, 2.45) is 5.92 Å². The Labute approximate surface area is 103 Å². The predicted octanol–water partition coefficient (Wildman–Crippen LogP) is 2.85. The Morgan fingerprint density at radius 2 is 2.24 bits per heavy atom. The maximum atomic E-state index is 9.84. The van der Waals surface area contributed by atoms with Gasteiger partial charge in [-0.15, -0.1) is 0 Å². The lowest BCUT2D eigenvalue weighted by molar-refractivity contribution is 0.291. The van der Waals surface area contributed by atoms with Crippen LogP contribution in [0.4, 0.5) is 0 Å². The van der Waals surface area contributed by atoms with E-state index in [-0.39, 0.29) is 6.04 Å². The molecule has 1 aromatic rings. The number of methoxy groups -OCH3 is 1. The fraction of sp³-hybridized carbons (Fsp3) is 0.571. The van der Waals surface area contributed by atoms with Gasteiger partial charge >= 0.3 is 0 Å². The lowest BCUT2D eigenvalue weighted by Crippen LogP contribution is -2.29. The van der Waals surface area contributed by atoms with Crippen molar-refractivity contribution in [1.29, 1.82) is 0 Å². The molecular weight excluding hydrogens is 214 g/mol. The maximum absolute atomic E-state index is 9.84. The van der Waals surface area contributed by atoms with E-state index >= 15 is 0 Å². The first kappa shape index (κ1) is 12.2. The smallest absolute Gasteiger partial charge is 0.120 e. The molecule has 1 aliphatic rings. The summed E-state index contributed by atoms with van der Waals surface area (Å²) < 4.78 is 5.18. The van der Waals surface area contributed by atoms with Crippen molar-refractivity contribution in [2.45, 2.75) is 32.2 Å². The molecule has 1 aromatic carbocycles. The number of rotatable bonds is 5. The molecule has 0 radical (unpaired) electrons. The molecule has 3 nitrogen and oxygen atoms in total. The van der Waals surface area contributed by atoms with Crippen LogP contribution in [0, 0.1) is 5.92 Å². The zero-order chi connectivity index (χ0) is 12.3. The van der Waals surface area contributed by atoms with Crippen LogP contribution < -0.4 is 10.1 Å². The average molecular weight is 235 g/mol. The summed E-state index contributed by atoms with van der Waals surface area (Å²) in [6.45, 7) is 3.12. The Kier molecular flexibility index (Phi) is 3.89. The second kappa shape index (κ2) is 5.41. The molecule has 2 N–H and O–H groups in total. The van der Waals surface area contributed by atoms with Crippen LogP contribution in [-0.2, 0) is 0 Å². The van der Waals surface area contributed by atoms with Gasteiger partial charge in [0.1, 0.15) is 11.5 Å². The van der Waals surface area contributed by atoms with Crippen molar-refractivity contribution >= 4 is 0 Å². The zero-order valence-electron chi connectivity index (χ0n) is 10.6. The van der Waals surface area contributed by atoms with Crippen molar-refractivity contribution in [3.05, 3.63) is 23.8 Å². The molecule has 0 aliphatic heterocycles. The first-order valence-electron chi connectivity index (χ1n) is 6.31. The molecule has 3 heteroatoms. The molecule has 0 saturated heterocycles. The molecule has 1 fully saturated rings. The summed E-state index contributed by atoms with van der Waals surface area (Å²) >= 11 is 0. The van der Waals surface area contributed by atoms with Crippen LogP contribution in [0.15, 0.2) is 18.2 Å². The molecule has 17 heavy (non-hydrogen) atoms. The minimum Gasteiger partial charge on any atom is -0.508 e. The molecule has 1 atom stereocenters. The molecular formula is C14H21NO2. The molecule has 0 amide bonds. The Morgan fingerprint density at radius 3 is 2.82 bits per heavy atom. The Bertz CT molecular complexity index is 374. The Balaban J connectivity index is 1.98. The summed E-state index contributed by atoms with van der Waals surface area (Å²) in [6.07, 6.45) is 4.04. The summed E-state index contributed by atoms with van der Waals surface area (Å²) in [4.78, 5) is 0. The molecule has 1 aliphatic carbocycles. The standard InChI is InChI=1S/C14H21NO2/c1-10(15-9-11-4-3-5-11)13-8-12(17-2)6-7-14(13)16/h6-8,10-11,15-16H,3-5,9H2,1-2H3. The van der Waals surface area contributed by atoms with Crippen LogP contribution in [0.25, 0.3) is 0 Å². The third kappa shape index (κ3) is 2.91. The minimum absolute atomic E-state index is 0.158. The highest BCUT2D eigenvalue weighted by Gasteiger charge is 2.19. The van der Waals surface area contributed by atoms with Crippen LogP contribution in [0.2, 0.25) is 0 Å². The predicted molar refractivity (Wildman–Crippen MR) is 68.4 cm³/mol. The second-order valence-electron chi connectivity index (χ2n) is 4.85. The second-order valence-corrected chi connectivity index (χ2v) is 4.85. The van der Waals surface area contributed by atoms with Crippen LogP contribution in [-0.4, -0.2) is 18.8 Å². The molecule has 0 spiro atoms. The number of benzene rings is 1. The number of phenolic OH excluding ortho intramolecular Hbond substituents is 1. The van der Waals surface area contributed by atoms with Crippen LogP contribution in [0.3, 0.4) is 0 Å². The number of hydrogen-bond acceptors (Lipinski definition) is 3. The van der Waals surface area contributed by atoms with E-state index in [1.54, 1.807) is 19.2 Å². The normalized spacial score (nSPS) is 17.5. The highest BCUT2D eigenvalue weighted by Crippen LogP contribution is 2.30. The molecule has 1 saturated carbocycles. The van der Waals surface area contributed by atoms with Gasteiger partial charge in [-0.3, -0.25) is 0 Å². The molecule has 0 heterocycles. The number of ether oxygens (including phenoxy) is 1. The van der Waals surface area contributed by atoms with E-state index in [9.17, 15) is 5.11 Å². The van der Waals surface area contributed by atoms with Gasteiger partial charge in [0.05, 0.1) is 7.11 Å². The lowest BCUT2D eigenvalue weighted by atomic mass is 9.85. The first-order chi connectivity index (χ1) is 8.20. The number of nitrogens with one attached hydrogen (secondary N) is 1. The number of phenols is 1. The van der Waals surface area contributed by atoms with Gasteiger partial charge < -0.3 is 15.2 Å². The quantitative estimate of drug-likeness (QED) is 0.824. The van der Waals surface area contributed by atoms with E-state index in [4.69, 9.17) is 4.74 Å². The van der Waals surface area contributed by atoms with Gasteiger partial charge in [0.15, 0.2) is 0 Å². The summed E-state index contributed by atoms with van der Waals surface area (Å²) in [7, 11) is 1.64. The topological polar surface area (TPSA) is 41.5 Å². The highest BCUT2D eigenvalue weighted by atomic mass is 16.5. The third-order valence-electron chi connectivity index (χ3n) is 3.64. The van der Waals surface area contributed by atoms with E-state index < -0.39 is 0 Å². The van der Waals surface area contributed by atoms with Crippen LogP contribution >= 0.6 is 0 Å². The Morgan fingerprint density at radius 1 is 1.47 bits per heavy atom. The molecule has 2 rings (SSSR count). The SMILES string of the molecule is COc1ccc(O)c(C(C)NCC2CCC2)c1. The van der Waals surface area contributed by atoms with Crippen LogP contribution in [0.1, 0.15) is 37.8 Å². The van der Waals surface area contributed by atoms with Gasteiger partial charge in [0.2, 0.25) is 0 Å². The van der Waals surface area contributed by atoms with Gasteiger partial charge in [-0.05, 0) is 50.4 Å². The molecule has 0 bridgehead atoms. The average Bonchev–Trinajstić information content (AvgIpc) is 2.27. The van der Waals surface area contributed by atoms with Crippen molar-refractivity contribution < 1.29 is 9.84 Å². The van der Waals surface area contributed by atoms with E-state index in [2.05, 4.69) is 12.2 Å². The molecule has 0 aromatic heterocycles. The van der Waals surface area contributed by atoms with Crippen molar-refractivity contribution in [3.8, 4) is 11.5 Å². The van der Waals surface area contributed by atoms with Crippen LogP contribution in [0.5, 0.6) is 11.5 Å². The maximum Gasteiger partial charge on any atom is 0.120 e. The van der Waals surface area contributed by atoms with Crippen molar-refractivity contribution in [3.63, 3.8) is 0 Å². The van der Waals surface area contributed by atoms with E-state index in [0.29, 0.717) is 5.75 Å². The fourth-order valence-electron chi connectivity index (χ4n) is 2.16. The fourth-order valence-corrected chi connectivity index (χ4v) is 2.16. The van der Waals surface area contributed by atoms with Crippen molar-refractivity contribution in [2.75, 3.05) is 13.7 Å². The van der Waals surface area contributed by atoms with Gasteiger partial charge in [-0.2, -0.15) is 0 Å². The Hall–Kier alpha value is -1.22. The first-order valence-corrected chi connectivity index (χ1v) is 6.31. The lowest BCUT2D eigenvalue weighted by Gasteiger charge is -2.27. The van der Waals surface area contributed by atoms with Gasteiger partial charge in [0, 0.05) is 11.6 Å². The molecule has 1 unspecified atom stereocenters. The minimum atomic E-state index is 0.158. The van der Waals surface area contributed by atoms with Gasteiger partial charge in [-0.25, -0.2) is 0 Å². The van der Waals surface area contributed by atoms with E-state index in [0.717, 1.165) is 23.8 Å². The monoisotopic (exact) mass is 235 g/mol. The van der Waals surface area contributed by atoms with Gasteiger partial charge in [-0.1, -0.05) is 6.42 Å². The highest BCUT2D eigenvalue weighted by molar-refractivity contribution is 5.41. The summed E-state index contributed by atoms with van der Waals surface area (Å²) in [6, 6.07) is 5.52. The largest absolute Gasteiger partial charge is 0.508 e. The molecule has 94 valence electrons. The zero-order valence-corrected chi connectivity index (χ0v) is 10.6.